The van der Waals surface area contributed by atoms with E-state index in [1.807, 2.05) is 23.1 Å². The Labute approximate surface area is 146 Å². The molecule has 25 heavy (non-hydrogen) atoms. The summed E-state index contributed by atoms with van der Waals surface area (Å²) in [4.78, 5) is 32.3. The van der Waals surface area contributed by atoms with Crippen molar-refractivity contribution in [3.05, 3.63) is 40.4 Å². The number of carbonyl (C=O) groups is 1. The Kier molecular flexibility index (Phi) is 4.29. The number of aliphatic hydroxyl groups is 1. The highest BCUT2D eigenvalue weighted by Gasteiger charge is 2.38. The number of hydrogen-bond acceptors (Lipinski definition) is 4. The van der Waals surface area contributed by atoms with Gasteiger partial charge in [-0.05, 0) is 37.8 Å². The first kappa shape index (κ1) is 16.3. The third-order valence-corrected chi connectivity index (χ3v) is 5.50. The largest absolute Gasteiger partial charge is 0.395 e. The molecule has 2 aliphatic rings. The molecule has 0 spiro atoms. The summed E-state index contributed by atoms with van der Waals surface area (Å²) in [6, 6.07) is 7.10. The van der Waals surface area contributed by atoms with Gasteiger partial charge in [-0.3, -0.25) is 14.2 Å². The van der Waals surface area contributed by atoms with Crippen molar-refractivity contribution in [2.45, 2.75) is 44.7 Å². The molecule has 1 atom stereocenters. The number of amides is 1. The summed E-state index contributed by atoms with van der Waals surface area (Å²) in [6.07, 6.45) is 4.80. The van der Waals surface area contributed by atoms with E-state index in [9.17, 15) is 14.7 Å². The lowest BCUT2D eigenvalue weighted by atomic mass is 9.84. The molecule has 1 amide bonds. The van der Waals surface area contributed by atoms with Gasteiger partial charge < -0.3 is 10.0 Å². The average molecular weight is 341 g/mol. The van der Waals surface area contributed by atoms with Gasteiger partial charge in [-0.2, -0.15) is 0 Å². The summed E-state index contributed by atoms with van der Waals surface area (Å²) in [7, 11) is 0. The summed E-state index contributed by atoms with van der Waals surface area (Å²) < 4.78 is 1.55. The van der Waals surface area contributed by atoms with E-state index in [1.165, 1.54) is 0 Å². The van der Waals surface area contributed by atoms with Crippen LogP contribution in [-0.4, -0.2) is 38.6 Å². The maximum Gasteiger partial charge on any atom is 0.261 e. The van der Waals surface area contributed by atoms with Crippen LogP contribution in [0.25, 0.3) is 10.9 Å². The average Bonchev–Trinajstić information content (AvgIpc) is 3.05. The van der Waals surface area contributed by atoms with Crippen LogP contribution in [0.3, 0.4) is 0 Å². The first-order chi connectivity index (χ1) is 12.2. The van der Waals surface area contributed by atoms with Crippen LogP contribution in [0.5, 0.6) is 0 Å². The fourth-order valence-corrected chi connectivity index (χ4v) is 3.94. The Balaban J connectivity index is 1.79. The molecule has 2 heterocycles. The van der Waals surface area contributed by atoms with E-state index in [2.05, 4.69) is 0 Å². The minimum absolute atomic E-state index is 0.129. The molecule has 1 aliphatic carbocycles. The number of carbonyl (C=O) groups excluding carboxylic acids is 1. The molecule has 4 rings (SSSR count). The minimum Gasteiger partial charge on any atom is -0.395 e. The third kappa shape index (κ3) is 2.74. The van der Waals surface area contributed by atoms with Crippen LogP contribution < -0.4 is 5.56 Å². The van der Waals surface area contributed by atoms with Crippen molar-refractivity contribution in [2.24, 2.45) is 5.92 Å². The Hall–Kier alpha value is -2.21. The van der Waals surface area contributed by atoms with Gasteiger partial charge in [0.2, 0.25) is 5.91 Å². The van der Waals surface area contributed by atoms with Crippen molar-refractivity contribution in [1.82, 2.24) is 14.5 Å². The smallest absolute Gasteiger partial charge is 0.261 e. The fraction of sp³-hybridized carbons (Fsp3) is 0.526. The van der Waals surface area contributed by atoms with E-state index in [1.54, 1.807) is 10.6 Å². The zero-order valence-electron chi connectivity index (χ0n) is 14.2. The number of benzene rings is 1. The quantitative estimate of drug-likeness (QED) is 0.921. The van der Waals surface area contributed by atoms with E-state index < -0.39 is 0 Å². The summed E-state index contributed by atoms with van der Waals surface area (Å²) in [5.41, 5.74) is 0.511. The molecule has 1 aromatic heterocycles. The topological polar surface area (TPSA) is 75.4 Å². The Morgan fingerprint density at radius 3 is 2.72 bits per heavy atom. The maximum atomic E-state index is 12.9. The standard InChI is InChI=1S/C19H23N3O3/c23-12-11-22-17(20-15-8-2-1-7-14(15)19(22)25)16-9-4-10-21(16)18(24)13-5-3-6-13/h1-2,7-8,13,16,23H,3-6,9-12H2. The fourth-order valence-electron chi connectivity index (χ4n) is 3.94. The predicted octanol–water partition coefficient (Wildman–Crippen LogP) is 1.85. The van der Waals surface area contributed by atoms with E-state index >= 15 is 0 Å². The molecule has 1 saturated carbocycles. The van der Waals surface area contributed by atoms with E-state index in [4.69, 9.17) is 4.98 Å². The SMILES string of the molecule is O=C(C1CCC1)N1CCCC1c1nc2ccccc2c(=O)n1CCO. The van der Waals surface area contributed by atoms with Crippen LogP contribution in [-0.2, 0) is 11.3 Å². The normalized spacial score (nSPS) is 20.8. The minimum atomic E-state index is -0.169. The molecule has 2 aromatic rings. The number of hydrogen-bond donors (Lipinski definition) is 1. The second-order valence-corrected chi connectivity index (χ2v) is 6.99. The number of para-hydroxylation sites is 1. The van der Waals surface area contributed by atoms with E-state index in [0.29, 0.717) is 16.7 Å². The molecular weight excluding hydrogens is 318 g/mol. The van der Waals surface area contributed by atoms with Crippen molar-refractivity contribution in [2.75, 3.05) is 13.2 Å². The number of likely N-dealkylation sites (tertiary alicyclic amines) is 1. The molecule has 1 saturated heterocycles. The monoisotopic (exact) mass is 341 g/mol. The molecule has 1 aromatic carbocycles. The highest BCUT2D eigenvalue weighted by Crippen LogP contribution is 2.36. The van der Waals surface area contributed by atoms with Gasteiger partial charge >= 0.3 is 0 Å². The molecular formula is C19H23N3O3. The molecule has 6 heteroatoms. The van der Waals surface area contributed by atoms with Gasteiger partial charge in [-0.25, -0.2) is 4.98 Å². The highest BCUT2D eigenvalue weighted by molar-refractivity contribution is 5.81. The number of nitrogens with zero attached hydrogens (tertiary/aromatic N) is 3. The first-order valence-corrected chi connectivity index (χ1v) is 9.11. The van der Waals surface area contributed by atoms with Crippen LogP contribution >= 0.6 is 0 Å². The highest BCUT2D eigenvalue weighted by atomic mass is 16.3. The van der Waals surface area contributed by atoms with Crippen molar-refractivity contribution >= 4 is 16.8 Å². The second kappa shape index (κ2) is 6.59. The van der Waals surface area contributed by atoms with Crippen LogP contribution in [0.15, 0.2) is 29.1 Å². The van der Waals surface area contributed by atoms with Crippen LogP contribution in [0, 0.1) is 5.92 Å². The second-order valence-electron chi connectivity index (χ2n) is 6.99. The van der Waals surface area contributed by atoms with Gasteiger partial charge in [0.25, 0.3) is 5.56 Å². The first-order valence-electron chi connectivity index (χ1n) is 9.11. The molecule has 1 N–H and O–H groups in total. The lowest BCUT2D eigenvalue weighted by Crippen LogP contribution is -2.40. The van der Waals surface area contributed by atoms with Gasteiger partial charge in [0.15, 0.2) is 0 Å². The van der Waals surface area contributed by atoms with Crippen molar-refractivity contribution in [3.8, 4) is 0 Å². The maximum absolute atomic E-state index is 12.9. The number of rotatable bonds is 4. The number of aromatic nitrogens is 2. The zero-order valence-corrected chi connectivity index (χ0v) is 14.2. The Morgan fingerprint density at radius 1 is 1.20 bits per heavy atom. The summed E-state index contributed by atoms with van der Waals surface area (Å²) in [6.45, 7) is 0.798. The lowest BCUT2D eigenvalue weighted by molar-refractivity contribution is -0.139. The summed E-state index contributed by atoms with van der Waals surface area (Å²) in [5, 5.41) is 9.98. The van der Waals surface area contributed by atoms with Gasteiger partial charge in [0, 0.05) is 12.5 Å². The Morgan fingerprint density at radius 2 is 2.00 bits per heavy atom. The number of fused-ring (bicyclic) bond motifs is 1. The predicted molar refractivity (Wildman–Crippen MR) is 94.1 cm³/mol. The van der Waals surface area contributed by atoms with Crippen LogP contribution in [0.1, 0.15) is 44.0 Å². The zero-order chi connectivity index (χ0) is 17.4. The molecule has 1 unspecified atom stereocenters. The van der Waals surface area contributed by atoms with Crippen LogP contribution in [0.2, 0.25) is 0 Å². The molecule has 0 radical (unpaired) electrons. The molecule has 6 nitrogen and oxygen atoms in total. The van der Waals surface area contributed by atoms with Crippen LogP contribution in [0.4, 0.5) is 0 Å². The summed E-state index contributed by atoms with van der Waals surface area (Å²) in [5.74, 6) is 0.952. The van der Waals surface area contributed by atoms with Crippen molar-refractivity contribution in [3.63, 3.8) is 0 Å². The van der Waals surface area contributed by atoms with E-state index in [-0.39, 0.29) is 36.6 Å². The molecule has 132 valence electrons. The molecule has 2 fully saturated rings. The number of aliphatic hydroxyl groups excluding tert-OH is 1. The lowest BCUT2D eigenvalue weighted by Gasteiger charge is -2.33. The van der Waals surface area contributed by atoms with E-state index in [0.717, 1.165) is 38.6 Å². The molecule has 1 aliphatic heterocycles. The van der Waals surface area contributed by atoms with Gasteiger partial charge in [-0.1, -0.05) is 18.6 Å². The van der Waals surface area contributed by atoms with Gasteiger partial charge in [-0.15, -0.1) is 0 Å². The van der Waals surface area contributed by atoms with Gasteiger partial charge in [0.05, 0.1) is 30.1 Å². The van der Waals surface area contributed by atoms with Crippen molar-refractivity contribution in [1.29, 1.82) is 0 Å². The van der Waals surface area contributed by atoms with Gasteiger partial charge in [0.1, 0.15) is 5.82 Å². The molecule has 0 bridgehead atoms. The summed E-state index contributed by atoms with van der Waals surface area (Å²) >= 11 is 0. The third-order valence-electron chi connectivity index (χ3n) is 5.50. The van der Waals surface area contributed by atoms with Crippen molar-refractivity contribution < 1.29 is 9.90 Å². The Bertz CT molecular complexity index is 857.